The van der Waals surface area contributed by atoms with Crippen LogP contribution < -0.4 is 4.90 Å². The molecule has 7 heteroatoms. The molecular weight excluding hydrogens is 339 g/mol. The van der Waals surface area contributed by atoms with Crippen LogP contribution in [0.3, 0.4) is 0 Å². The van der Waals surface area contributed by atoms with E-state index < -0.39 is 15.8 Å². The van der Waals surface area contributed by atoms with E-state index in [9.17, 15) is 12.8 Å². The summed E-state index contributed by atoms with van der Waals surface area (Å²) in [4.78, 5) is 2.24. The molecular formula is C16H16ClFN2O2S. The number of rotatable bonds is 3. The molecule has 1 fully saturated rings. The fourth-order valence-electron chi connectivity index (χ4n) is 2.59. The number of hydrogen-bond acceptors (Lipinski definition) is 3. The van der Waals surface area contributed by atoms with E-state index >= 15 is 0 Å². The highest BCUT2D eigenvalue weighted by atomic mass is 35.5. The maximum Gasteiger partial charge on any atom is 0.243 e. The van der Waals surface area contributed by atoms with Gasteiger partial charge in [-0.05, 0) is 48.5 Å². The molecule has 4 nitrogen and oxygen atoms in total. The third-order valence-electron chi connectivity index (χ3n) is 3.88. The molecule has 0 aromatic heterocycles. The summed E-state index contributed by atoms with van der Waals surface area (Å²) in [6.45, 7) is 1.98. The number of benzene rings is 2. The Bertz CT molecular complexity index is 771. The Hall–Kier alpha value is -1.63. The van der Waals surface area contributed by atoms with Gasteiger partial charge in [-0.2, -0.15) is 4.31 Å². The van der Waals surface area contributed by atoms with Gasteiger partial charge in [0.2, 0.25) is 10.0 Å². The minimum absolute atomic E-state index is 0.124. The van der Waals surface area contributed by atoms with E-state index in [1.165, 1.54) is 16.4 Å². The molecule has 1 aliphatic rings. The van der Waals surface area contributed by atoms with Crippen LogP contribution in [0.4, 0.5) is 10.1 Å². The van der Waals surface area contributed by atoms with Crippen LogP contribution in [0.25, 0.3) is 0 Å². The van der Waals surface area contributed by atoms with E-state index in [1.54, 1.807) is 0 Å². The predicted octanol–water partition coefficient (Wildman–Crippen LogP) is 2.99. The summed E-state index contributed by atoms with van der Waals surface area (Å²) in [5, 5.41) is 0.672. The molecule has 1 aliphatic heterocycles. The van der Waals surface area contributed by atoms with Crippen LogP contribution >= 0.6 is 11.6 Å². The predicted molar refractivity (Wildman–Crippen MR) is 88.8 cm³/mol. The van der Waals surface area contributed by atoms with Crippen molar-refractivity contribution in [1.29, 1.82) is 0 Å². The first-order chi connectivity index (χ1) is 11.0. The van der Waals surface area contributed by atoms with Crippen LogP contribution in [-0.4, -0.2) is 38.9 Å². The molecule has 0 aliphatic carbocycles. The monoisotopic (exact) mass is 354 g/mol. The van der Waals surface area contributed by atoms with E-state index in [2.05, 4.69) is 4.90 Å². The van der Waals surface area contributed by atoms with Crippen molar-refractivity contribution in [2.45, 2.75) is 4.90 Å². The van der Waals surface area contributed by atoms with Crippen molar-refractivity contribution in [3.05, 3.63) is 59.4 Å². The highest BCUT2D eigenvalue weighted by Crippen LogP contribution is 2.22. The van der Waals surface area contributed by atoms with Crippen molar-refractivity contribution in [3.63, 3.8) is 0 Å². The van der Waals surface area contributed by atoms with Crippen LogP contribution in [0.2, 0.25) is 5.02 Å². The second-order valence-electron chi connectivity index (χ2n) is 5.32. The minimum Gasteiger partial charge on any atom is -0.369 e. The summed E-state index contributed by atoms with van der Waals surface area (Å²) in [7, 11) is -3.57. The van der Waals surface area contributed by atoms with Crippen molar-refractivity contribution >= 4 is 27.3 Å². The lowest BCUT2D eigenvalue weighted by Gasteiger charge is -2.35. The van der Waals surface area contributed by atoms with Crippen LogP contribution in [0, 0.1) is 5.82 Å². The zero-order chi connectivity index (χ0) is 16.4. The summed E-state index contributed by atoms with van der Waals surface area (Å²) >= 11 is 5.88. The molecule has 0 amide bonds. The quantitative estimate of drug-likeness (QED) is 0.850. The molecule has 0 N–H and O–H groups in total. The normalized spacial score (nSPS) is 16.5. The summed E-state index contributed by atoms with van der Waals surface area (Å²) in [6.07, 6.45) is 0. The van der Waals surface area contributed by atoms with Crippen molar-refractivity contribution in [2.24, 2.45) is 0 Å². The second kappa shape index (κ2) is 6.47. The van der Waals surface area contributed by atoms with Gasteiger partial charge >= 0.3 is 0 Å². The zero-order valence-electron chi connectivity index (χ0n) is 12.3. The number of halogens is 2. The molecule has 2 aromatic rings. The number of sulfonamides is 1. The van der Waals surface area contributed by atoms with Gasteiger partial charge in [-0.3, -0.25) is 0 Å². The van der Waals surface area contributed by atoms with Crippen LogP contribution in [-0.2, 0) is 10.0 Å². The average Bonchev–Trinajstić information content (AvgIpc) is 2.56. The fraction of sp³-hybridized carbons (Fsp3) is 0.250. The highest BCUT2D eigenvalue weighted by Gasteiger charge is 2.28. The van der Waals surface area contributed by atoms with Gasteiger partial charge in [-0.15, -0.1) is 0 Å². The fourth-order valence-corrected chi connectivity index (χ4v) is 4.14. The molecule has 1 saturated heterocycles. The van der Waals surface area contributed by atoms with Gasteiger partial charge < -0.3 is 4.90 Å². The molecule has 0 spiro atoms. The topological polar surface area (TPSA) is 40.6 Å². The molecule has 0 atom stereocenters. The molecule has 3 rings (SSSR count). The molecule has 0 bridgehead atoms. The van der Waals surface area contributed by atoms with Crippen LogP contribution in [0.15, 0.2) is 53.4 Å². The van der Waals surface area contributed by atoms with Gasteiger partial charge in [0.25, 0.3) is 0 Å². The first-order valence-corrected chi connectivity index (χ1v) is 9.05. The molecule has 122 valence electrons. The lowest BCUT2D eigenvalue weighted by Crippen LogP contribution is -2.48. The Morgan fingerprint density at radius 2 is 1.43 bits per heavy atom. The maximum atomic E-state index is 13.0. The van der Waals surface area contributed by atoms with E-state index in [0.29, 0.717) is 31.2 Å². The van der Waals surface area contributed by atoms with Crippen molar-refractivity contribution < 1.29 is 12.8 Å². The standard InChI is InChI=1S/C16H16ClFN2O2S/c17-13-1-5-15(6-2-13)19-9-11-20(12-10-19)23(21,22)16-7-3-14(18)4-8-16/h1-8H,9-12H2. The summed E-state index contributed by atoms with van der Waals surface area (Å²) < 4.78 is 39.5. The van der Waals surface area contributed by atoms with Crippen LogP contribution in [0.1, 0.15) is 0 Å². The number of anilines is 1. The Balaban J connectivity index is 1.70. The highest BCUT2D eigenvalue weighted by molar-refractivity contribution is 7.89. The lowest BCUT2D eigenvalue weighted by molar-refractivity contribution is 0.385. The Morgan fingerprint density at radius 3 is 2.00 bits per heavy atom. The Kier molecular flexibility index (Phi) is 4.57. The van der Waals surface area contributed by atoms with Crippen LogP contribution in [0.5, 0.6) is 0 Å². The number of piperazine rings is 1. The Morgan fingerprint density at radius 1 is 0.870 bits per heavy atom. The first-order valence-electron chi connectivity index (χ1n) is 7.23. The molecule has 0 unspecified atom stereocenters. The number of nitrogens with zero attached hydrogens (tertiary/aromatic N) is 2. The molecule has 0 radical (unpaired) electrons. The van der Waals surface area contributed by atoms with Gasteiger partial charge in [0.1, 0.15) is 5.82 Å². The van der Waals surface area contributed by atoms with Gasteiger partial charge in [-0.25, -0.2) is 12.8 Å². The van der Waals surface area contributed by atoms with Crippen molar-refractivity contribution in [3.8, 4) is 0 Å². The van der Waals surface area contributed by atoms with Crippen molar-refractivity contribution in [1.82, 2.24) is 4.31 Å². The lowest BCUT2D eigenvalue weighted by atomic mass is 10.2. The molecule has 1 heterocycles. The molecule has 0 saturated carbocycles. The van der Waals surface area contributed by atoms with Crippen molar-refractivity contribution in [2.75, 3.05) is 31.1 Å². The summed E-state index contributed by atoms with van der Waals surface area (Å²) in [6, 6.07) is 12.4. The minimum atomic E-state index is -3.57. The second-order valence-corrected chi connectivity index (χ2v) is 7.70. The zero-order valence-corrected chi connectivity index (χ0v) is 13.9. The third-order valence-corrected chi connectivity index (χ3v) is 6.05. The summed E-state index contributed by atoms with van der Waals surface area (Å²) in [5.41, 5.74) is 1.02. The van der Waals surface area contributed by atoms with E-state index in [0.717, 1.165) is 17.8 Å². The number of hydrogen-bond donors (Lipinski definition) is 0. The van der Waals surface area contributed by atoms with Gasteiger partial charge in [0.15, 0.2) is 0 Å². The molecule has 2 aromatic carbocycles. The average molecular weight is 355 g/mol. The SMILES string of the molecule is O=S(=O)(c1ccc(F)cc1)N1CCN(c2ccc(Cl)cc2)CC1. The Labute approximate surface area is 140 Å². The largest absolute Gasteiger partial charge is 0.369 e. The first kappa shape index (κ1) is 16.2. The van der Waals surface area contributed by atoms with E-state index in [-0.39, 0.29) is 4.90 Å². The third kappa shape index (κ3) is 3.49. The van der Waals surface area contributed by atoms with Gasteiger partial charge in [0, 0.05) is 36.9 Å². The van der Waals surface area contributed by atoms with E-state index in [1.807, 2.05) is 24.3 Å². The van der Waals surface area contributed by atoms with Gasteiger partial charge in [0.05, 0.1) is 4.90 Å². The smallest absolute Gasteiger partial charge is 0.243 e. The molecule has 23 heavy (non-hydrogen) atoms. The maximum absolute atomic E-state index is 13.0. The van der Waals surface area contributed by atoms with Gasteiger partial charge in [-0.1, -0.05) is 11.6 Å². The summed E-state index contributed by atoms with van der Waals surface area (Å²) in [5.74, 6) is -0.448. The van der Waals surface area contributed by atoms with E-state index in [4.69, 9.17) is 11.6 Å².